The summed E-state index contributed by atoms with van der Waals surface area (Å²) in [6, 6.07) is 12.7. The van der Waals surface area contributed by atoms with Crippen molar-refractivity contribution in [2.24, 2.45) is 0 Å². The van der Waals surface area contributed by atoms with Gasteiger partial charge >= 0.3 is 6.18 Å². The minimum absolute atomic E-state index is 0.290. The standard InChI is InChI=1S/C25H24ClF4N3O/c1-15-12-17(8-9-20(15)27)21(10-6-16-7-11-22(32-14-16)25(28,29)30)33-23(24(34)31-2)18-4-3-5-19(26)13-18/h3-5,7-9,11-14,21,23,33H,6,10H2,1-2H3,(H,31,34)/t21-,23+/m1/s1. The Kier molecular flexibility index (Phi) is 8.28. The third kappa shape index (κ3) is 6.55. The third-order valence-corrected chi connectivity index (χ3v) is 5.71. The van der Waals surface area contributed by atoms with Crippen molar-refractivity contribution in [3.63, 3.8) is 0 Å². The molecule has 0 saturated heterocycles. The van der Waals surface area contributed by atoms with Crippen molar-refractivity contribution in [2.75, 3.05) is 7.05 Å². The fraction of sp³-hybridized carbons (Fsp3) is 0.280. The highest BCUT2D eigenvalue weighted by Gasteiger charge is 2.32. The summed E-state index contributed by atoms with van der Waals surface area (Å²) >= 11 is 6.13. The maximum absolute atomic E-state index is 13.9. The Balaban J connectivity index is 1.89. The molecule has 0 aliphatic heterocycles. The van der Waals surface area contributed by atoms with Crippen LogP contribution in [0.2, 0.25) is 5.02 Å². The minimum atomic E-state index is -4.51. The number of aryl methyl sites for hydroxylation is 2. The van der Waals surface area contributed by atoms with Gasteiger partial charge in [-0.05, 0) is 66.3 Å². The van der Waals surface area contributed by atoms with Crippen LogP contribution in [0.4, 0.5) is 17.6 Å². The molecule has 0 aliphatic carbocycles. The van der Waals surface area contributed by atoms with E-state index in [4.69, 9.17) is 11.6 Å². The number of rotatable bonds is 8. The van der Waals surface area contributed by atoms with Crippen LogP contribution in [0.15, 0.2) is 60.8 Å². The van der Waals surface area contributed by atoms with E-state index in [1.165, 1.54) is 25.4 Å². The first-order valence-corrected chi connectivity index (χ1v) is 11.0. The molecular weight excluding hydrogens is 470 g/mol. The molecule has 1 amide bonds. The van der Waals surface area contributed by atoms with Gasteiger partial charge in [0.2, 0.25) is 5.91 Å². The van der Waals surface area contributed by atoms with Gasteiger partial charge in [0.05, 0.1) is 0 Å². The highest BCUT2D eigenvalue weighted by atomic mass is 35.5. The summed E-state index contributed by atoms with van der Waals surface area (Å²) in [4.78, 5) is 16.2. The van der Waals surface area contributed by atoms with E-state index in [1.807, 2.05) is 0 Å². The monoisotopic (exact) mass is 493 g/mol. The van der Waals surface area contributed by atoms with Crippen LogP contribution in [0.1, 0.15) is 46.5 Å². The van der Waals surface area contributed by atoms with Gasteiger partial charge in [0.25, 0.3) is 0 Å². The maximum atomic E-state index is 13.9. The van der Waals surface area contributed by atoms with Gasteiger partial charge in [-0.15, -0.1) is 0 Å². The van der Waals surface area contributed by atoms with Gasteiger partial charge in [0.15, 0.2) is 0 Å². The zero-order chi connectivity index (χ0) is 24.9. The van der Waals surface area contributed by atoms with E-state index in [9.17, 15) is 22.4 Å². The Bertz CT molecular complexity index is 1140. The van der Waals surface area contributed by atoms with Gasteiger partial charge in [0, 0.05) is 24.3 Å². The number of benzene rings is 2. The number of halogens is 5. The van der Waals surface area contributed by atoms with Crippen molar-refractivity contribution >= 4 is 17.5 Å². The first-order valence-electron chi connectivity index (χ1n) is 10.6. The van der Waals surface area contributed by atoms with Crippen LogP contribution in [-0.2, 0) is 17.4 Å². The second-order valence-electron chi connectivity index (χ2n) is 7.92. The maximum Gasteiger partial charge on any atom is 0.433 e. The molecule has 3 aromatic rings. The van der Waals surface area contributed by atoms with Crippen molar-refractivity contribution in [3.8, 4) is 0 Å². The number of pyridine rings is 1. The summed E-state index contributed by atoms with van der Waals surface area (Å²) in [5, 5.41) is 6.43. The van der Waals surface area contributed by atoms with Crippen molar-refractivity contribution in [1.82, 2.24) is 15.6 Å². The lowest BCUT2D eigenvalue weighted by Crippen LogP contribution is -2.38. The molecule has 2 N–H and O–H groups in total. The molecule has 0 spiro atoms. The van der Waals surface area contributed by atoms with Gasteiger partial charge in [-0.2, -0.15) is 13.2 Å². The number of amides is 1. The molecule has 0 saturated carbocycles. The van der Waals surface area contributed by atoms with Gasteiger partial charge in [0.1, 0.15) is 17.6 Å². The number of hydrogen-bond donors (Lipinski definition) is 2. The third-order valence-electron chi connectivity index (χ3n) is 5.48. The Morgan fingerprint density at radius 2 is 1.85 bits per heavy atom. The molecule has 0 radical (unpaired) electrons. The number of aromatic nitrogens is 1. The fourth-order valence-corrected chi connectivity index (χ4v) is 3.84. The Hall–Kier alpha value is -2.97. The highest BCUT2D eigenvalue weighted by molar-refractivity contribution is 6.30. The molecular formula is C25H24ClF4N3O. The van der Waals surface area contributed by atoms with Gasteiger partial charge in [-0.3, -0.25) is 15.1 Å². The first kappa shape index (κ1) is 25.6. The second-order valence-corrected chi connectivity index (χ2v) is 8.35. The number of carbonyl (C=O) groups is 1. The Morgan fingerprint density at radius 1 is 1.09 bits per heavy atom. The van der Waals surface area contributed by atoms with Crippen LogP contribution in [0, 0.1) is 12.7 Å². The Labute approximate surface area is 200 Å². The summed E-state index contributed by atoms with van der Waals surface area (Å²) in [5.41, 5.74) is 1.49. The van der Waals surface area contributed by atoms with Crippen molar-refractivity contribution in [2.45, 2.75) is 38.0 Å². The van der Waals surface area contributed by atoms with Crippen molar-refractivity contribution in [3.05, 3.63) is 99.6 Å². The van der Waals surface area contributed by atoms with E-state index in [2.05, 4.69) is 15.6 Å². The first-order chi connectivity index (χ1) is 16.1. The molecule has 4 nitrogen and oxygen atoms in total. The summed E-state index contributed by atoms with van der Waals surface area (Å²) in [7, 11) is 1.52. The van der Waals surface area contributed by atoms with E-state index in [1.54, 1.807) is 43.3 Å². The number of alkyl halides is 3. The van der Waals surface area contributed by atoms with Gasteiger partial charge < -0.3 is 5.32 Å². The normalized spacial score (nSPS) is 13.4. The van der Waals surface area contributed by atoms with Crippen molar-refractivity contribution in [1.29, 1.82) is 0 Å². The quantitative estimate of drug-likeness (QED) is 0.381. The Morgan fingerprint density at radius 3 is 2.44 bits per heavy atom. The summed E-state index contributed by atoms with van der Waals surface area (Å²) in [6.07, 6.45) is -2.50. The molecule has 3 rings (SSSR count). The summed E-state index contributed by atoms with van der Waals surface area (Å²) in [6.45, 7) is 1.64. The number of hydrogen-bond acceptors (Lipinski definition) is 3. The minimum Gasteiger partial charge on any atom is -0.358 e. The summed E-state index contributed by atoms with van der Waals surface area (Å²) < 4.78 is 52.4. The smallest absolute Gasteiger partial charge is 0.358 e. The zero-order valence-electron chi connectivity index (χ0n) is 18.6. The molecule has 9 heteroatoms. The van der Waals surface area contributed by atoms with Crippen LogP contribution >= 0.6 is 11.6 Å². The molecule has 2 aromatic carbocycles. The molecule has 180 valence electrons. The van der Waals surface area contributed by atoms with E-state index in [-0.39, 0.29) is 11.7 Å². The number of nitrogens with one attached hydrogen (secondary N) is 2. The molecule has 0 bridgehead atoms. The van der Waals surface area contributed by atoms with Crippen LogP contribution < -0.4 is 10.6 Å². The van der Waals surface area contributed by atoms with Crippen LogP contribution in [-0.4, -0.2) is 17.9 Å². The molecule has 0 aliphatic rings. The lowest BCUT2D eigenvalue weighted by molar-refractivity contribution is -0.141. The SMILES string of the molecule is CNC(=O)[C@@H](N[C@H](CCc1ccc(C(F)(F)F)nc1)c1ccc(F)c(C)c1)c1cccc(Cl)c1. The predicted octanol–water partition coefficient (Wildman–Crippen LogP) is 5.95. The summed E-state index contributed by atoms with van der Waals surface area (Å²) in [5.74, 6) is -0.644. The van der Waals surface area contributed by atoms with Gasteiger partial charge in [-0.1, -0.05) is 41.9 Å². The zero-order valence-corrected chi connectivity index (χ0v) is 19.3. The molecule has 34 heavy (non-hydrogen) atoms. The average molecular weight is 494 g/mol. The van der Waals surface area contributed by atoms with E-state index in [0.717, 1.165) is 11.6 Å². The molecule has 0 fully saturated rings. The predicted molar refractivity (Wildman–Crippen MR) is 123 cm³/mol. The molecule has 0 unspecified atom stereocenters. The second kappa shape index (κ2) is 11.0. The van der Waals surface area contributed by atoms with E-state index in [0.29, 0.717) is 34.6 Å². The van der Waals surface area contributed by atoms with Gasteiger partial charge in [-0.25, -0.2) is 4.39 Å². The lowest BCUT2D eigenvalue weighted by atomic mass is 9.95. The van der Waals surface area contributed by atoms with Crippen molar-refractivity contribution < 1.29 is 22.4 Å². The lowest BCUT2D eigenvalue weighted by Gasteiger charge is -2.26. The largest absolute Gasteiger partial charge is 0.433 e. The van der Waals surface area contributed by atoms with Crippen LogP contribution in [0.5, 0.6) is 0 Å². The number of carbonyl (C=O) groups excluding carboxylic acids is 1. The molecule has 1 aromatic heterocycles. The fourth-order valence-electron chi connectivity index (χ4n) is 3.64. The number of nitrogens with zero attached hydrogens (tertiary/aromatic N) is 1. The van der Waals surface area contributed by atoms with E-state index >= 15 is 0 Å². The average Bonchev–Trinajstić information content (AvgIpc) is 2.80. The van der Waals surface area contributed by atoms with Crippen LogP contribution in [0.3, 0.4) is 0 Å². The highest BCUT2D eigenvalue weighted by Crippen LogP contribution is 2.29. The molecule has 2 atom stereocenters. The topological polar surface area (TPSA) is 54.0 Å². The number of likely N-dealkylation sites (N-methyl/N-ethyl adjacent to an activating group) is 1. The van der Waals surface area contributed by atoms with E-state index < -0.39 is 24.0 Å². The van der Waals surface area contributed by atoms with Crippen LogP contribution in [0.25, 0.3) is 0 Å². The molecule has 1 heterocycles.